The van der Waals surface area contributed by atoms with Crippen LogP contribution in [-0.2, 0) is 0 Å². The van der Waals surface area contributed by atoms with Crippen molar-refractivity contribution in [3.8, 4) is 0 Å². The van der Waals surface area contributed by atoms with Crippen molar-refractivity contribution >= 4 is 33.5 Å². The fraction of sp³-hybridized carbons (Fsp3) is 0. The van der Waals surface area contributed by atoms with Gasteiger partial charge in [0.25, 0.3) is 0 Å². The zero-order chi connectivity index (χ0) is 3.58. The van der Waals surface area contributed by atoms with E-state index in [-0.39, 0.29) is 65.0 Å². The fourth-order valence-corrected chi connectivity index (χ4v) is 0. The fourth-order valence-electron chi connectivity index (χ4n) is 0. The predicted octanol–water partition coefficient (Wildman–Crippen LogP) is -9.36. The molecule has 0 bridgehead atoms. The van der Waals surface area contributed by atoms with Gasteiger partial charge in [0.2, 0.25) is 0 Å². The Hall–Kier alpha value is 1.39. The first-order chi connectivity index (χ1) is 1.73. The SMILES string of the molecule is O=C([O-])[O-].[Li+].[Li+].[PbH2]. The summed E-state index contributed by atoms with van der Waals surface area (Å²) in [6.07, 6.45) is -2.33. The average molecular weight is 283 g/mol. The Balaban J connectivity index is -0.0000000150. The first kappa shape index (κ1) is 23.8. The number of rotatable bonds is 0. The number of carbonyl (C=O) groups excluding carboxylic acids is 1. The van der Waals surface area contributed by atoms with Crippen molar-refractivity contribution in [3.63, 3.8) is 0 Å². The molecule has 0 aliphatic heterocycles. The van der Waals surface area contributed by atoms with Crippen LogP contribution in [-0.4, -0.2) is 33.5 Å². The summed E-state index contributed by atoms with van der Waals surface area (Å²) in [7, 11) is 0. The maximum absolute atomic E-state index is 8.33. The molecule has 7 heavy (non-hydrogen) atoms. The van der Waals surface area contributed by atoms with Crippen LogP contribution in [0.2, 0.25) is 0 Å². The summed E-state index contributed by atoms with van der Waals surface area (Å²) in [5.74, 6) is 0. The topological polar surface area (TPSA) is 63.2 Å². The first-order valence-corrected chi connectivity index (χ1v) is 0.612. The van der Waals surface area contributed by atoms with E-state index in [9.17, 15) is 0 Å². The molecule has 0 aromatic heterocycles. The summed E-state index contributed by atoms with van der Waals surface area (Å²) in [5, 5.41) is 16.7. The van der Waals surface area contributed by atoms with Crippen molar-refractivity contribution in [2.75, 3.05) is 0 Å². The molecule has 0 heterocycles. The maximum atomic E-state index is 8.33. The van der Waals surface area contributed by atoms with Gasteiger partial charge in [0.15, 0.2) is 0 Å². The van der Waals surface area contributed by atoms with Crippen molar-refractivity contribution in [2.24, 2.45) is 0 Å². The molecule has 30 valence electrons. The first-order valence-electron chi connectivity index (χ1n) is 0.612. The van der Waals surface area contributed by atoms with E-state index >= 15 is 0 Å². The molecule has 0 spiro atoms. The van der Waals surface area contributed by atoms with E-state index in [4.69, 9.17) is 15.0 Å². The quantitative estimate of drug-likeness (QED) is 0.415. The molecule has 0 rings (SSSR count). The van der Waals surface area contributed by atoms with Gasteiger partial charge in [-0.05, 0) is 6.16 Å². The summed E-state index contributed by atoms with van der Waals surface area (Å²) >= 11 is 0. The molecule has 0 saturated carbocycles. The molecule has 0 amide bonds. The van der Waals surface area contributed by atoms with E-state index in [1.54, 1.807) is 0 Å². The van der Waals surface area contributed by atoms with Gasteiger partial charge in [0.1, 0.15) is 0 Å². The molecule has 3 nitrogen and oxygen atoms in total. The molecule has 0 aromatic rings. The van der Waals surface area contributed by atoms with E-state index in [2.05, 4.69) is 0 Å². The Bertz CT molecular complexity index is 35.9. The summed E-state index contributed by atoms with van der Waals surface area (Å²) in [6, 6.07) is 0. The summed E-state index contributed by atoms with van der Waals surface area (Å²) < 4.78 is 0. The number of hydrogen-bond donors (Lipinski definition) is 0. The van der Waals surface area contributed by atoms with Gasteiger partial charge < -0.3 is 15.0 Å². The van der Waals surface area contributed by atoms with Gasteiger partial charge in [-0.25, -0.2) is 0 Å². The molecule has 0 aliphatic rings. The van der Waals surface area contributed by atoms with Gasteiger partial charge in [-0.15, -0.1) is 0 Å². The second kappa shape index (κ2) is 15.7. The van der Waals surface area contributed by atoms with Crippen molar-refractivity contribution in [2.45, 2.75) is 0 Å². The van der Waals surface area contributed by atoms with Gasteiger partial charge in [0.05, 0.1) is 0 Å². The second-order valence-corrected chi connectivity index (χ2v) is 0.250. The third-order valence-electron chi connectivity index (χ3n) is 0. The zero-order valence-corrected chi connectivity index (χ0v) is 9.93. The van der Waals surface area contributed by atoms with E-state index in [1.165, 1.54) is 0 Å². The van der Waals surface area contributed by atoms with Crippen LogP contribution in [0.1, 0.15) is 0 Å². The summed E-state index contributed by atoms with van der Waals surface area (Å²) in [4.78, 5) is 8.33. The van der Waals surface area contributed by atoms with Gasteiger partial charge in [-0.2, -0.15) is 0 Å². The van der Waals surface area contributed by atoms with Crippen LogP contribution in [0.15, 0.2) is 0 Å². The molecule has 0 fully saturated rings. The Morgan fingerprint density at radius 2 is 1.14 bits per heavy atom. The Kier molecular flexibility index (Phi) is 53.2. The minimum atomic E-state index is -2.33. The molecule has 0 atom stereocenters. The molecule has 2 radical (unpaired) electrons. The summed E-state index contributed by atoms with van der Waals surface area (Å²) in [5.41, 5.74) is 0. The van der Waals surface area contributed by atoms with Gasteiger partial charge in [0, 0.05) is 0 Å². The van der Waals surface area contributed by atoms with E-state index in [0.717, 1.165) is 0 Å². The monoisotopic (exact) mass is 284 g/mol. The zero-order valence-electron chi connectivity index (χ0n) is 4.43. The van der Waals surface area contributed by atoms with Crippen LogP contribution in [0.5, 0.6) is 0 Å². The number of hydrogen-bond acceptors (Lipinski definition) is 3. The Labute approximate surface area is 85.4 Å². The average Bonchev–Trinajstić information content (AvgIpc) is 0.811. The van der Waals surface area contributed by atoms with Crippen LogP contribution in [0.3, 0.4) is 0 Å². The number of carboxylic acid groups (broad SMARTS) is 2. The van der Waals surface area contributed by atoms with Crippen LogP contribution < -0.4 is 47.9 Å². The molecule has 0 N–H and O–H groups in total. The predicted molar refractivity (Wildman–Crippen MR) is 13.9 cm³/mol. The molecule has 6 heteroatoms. The van der Waals surface area contributed by atoms with E-state index < -0.39 is 6.16 Å². The molecule has 0 saturated heterocycles. The van der Waals surface area contributed by atoms with Gasteiger partial charge >= 0.3 is 65.0 Å². The van der Waals surface area contributed by atoms with Gasteiger partial charge in [-0.3, -0.25) is 0 Å². The third-order valence-corrected chi connectivity index (χ3v) is 0. The molecular formula is CH2Li2O3Pb. The van der Waals surface area contributed by atoms with Crippen LogP contribution in [0.4, 0.5) is 4.79 Å². The van der Waals surface area contributed by atoms with Crippen molar-refractivity contribution in [1.29, 1.82) is 0 Å². The van der Waals surface area contributed by atoms with Crippen LogP contribution >= 0.6 is 0 Å². The van der Waals surface area contributed by atoms with Crippen molar-refractivity contribution < 1.29 is 52.7 Å². The standard InChI is InChI=1S/CH2O3.2Li.Pb.2H/c2-1(3)4;;;;;/h(H2,2,3,4);;;;;/q;2*+1;;;/p-2. The second-order valence-electron chi connectivity index (χ2n) is 0.250. The molecular weight excluding hydrogens is 281 g/mol. The third kappa shape index (κ3) is 111. The molecule has 0 aromatic carbocycles. The number of carbonyl (C=O) groups is 1. The van der Waals surface area contributed by atoms with Crippen molar-refractivity contribution in [3.05, 3.63) is 0 Å². The van der Waals surface area contributed by atoms with Crippen LogP contribution in [0.25, 0.3) is 0 Å². The Morgan fingerprint density at radius 3 is 1.14 bits per heavy atom. The van der Waals surface area contributed by atoms with Crippen molar-refractivity contribution in [1.82, 2.24) is 0 Å². The minimum absolute atomic E-state index is 0. The van der Waals surface area contributed by atoms with E-state index in [0.29, 0.717) is 0 Å². The van der Waals surface area contributed by atoms with Crippen LogP contribution in [0, 0.1) is 0 Å². The molecule has 0 unspecified atom stereocenters. The summed E-state index contributed by atoms with van der Waals surface area (Å²) in [6.45, 7) is 0. The van der Waals surface area contributed by atoms with Gasteiger partial charge in [-0.1, -0.05) is 0 Å². The Morgan fingerprint density at radius 1 is 1.14 bits per heavy atom. The van der Waals surface area contributed by atoms with E-state index in [1.807, 2.05) is 0 Å². The molecule has 0 aliphatic carbocycles. The normalized spacial score (nSPS) is 3.43.